The van der Waals surface area contributed by atoms with E-state index in [1.807, 2.05) is 54.2 Å². The van der Waals surface area contributed by atoms with E-state index >= 15 is 0 Å². The second-order valence-corrected chi connectivity index (χ2v) is 8.89. The minimum absolute atomic E-state index is 0.0651. The SMILES string of the molecule is Cn1cc(-c2cc3nccn3c(-c3ccc(CNC(=O)c4noc(C5(C)CC5)n4)cc3)n2)cn1. The Balaban J connectivity index is 1.21. The van der Waals surface area contributed by atoms with E-state index in [9.17, 15) is 4.79 Å². The Hall–Kier alpha value is -4.34. The lowest BCUT2D eigenvalue weighted by Crippen LogP contribution is -2.24. The van der Waals surface area contributed by atoms with Crippen molar-refractivity contribution in [1.29, 1.82) is 0 Å². The van der Waals surface area contributed by atoms with Crippen LogP contribution < -0.4 is 5.32 Å². The number of hydrogen-bond donors (Lipinski definition) is 1. The summed E-state index contributed by atoms with van der Waals surface area (Å²) >= 11 is 0. The van der Waals surface area contributed by atoms with Gasteiger partial charge in [0.1, 0.15) is 11.5 Å². The zero-order chi connectivity index (χ0) is 23.3. The molecule has 10 nitrogen and oxygen atoms in total. The number of nitrogens with one attached hydrogen (secondary N) is 1. The largest absolute Gasteiger partial charge is 0.345 e. The van der Waals surface area contributed by atoms with Gasteiger partial charge in [0.25, 0.3) is 11.7 Å². The first-order valence-corrected chi connectivity index (χ1v) is 11.0. The molecule has 34 heavy (non-hydrogen) atoms. The number of rotatable bonds is 6. The van der Waals surface area contributed by atoms with Crippen LogP contribution in [-0.4, -0.2) is 40.2 Å². The van der Waals surface area contributed by atoms with Crippen molar-refractivity contribution >= 4 is 11.6 Å². The Morgan fingerprint density at radius 2 is 2.00 bits per heavy atom. The molecule has 0 unspecified atom stereocenters. The predicted octanol–water partition coefficient (Wildman–Crippen LogP) is 3.16. The molecule has 1 saturated carbocycles. The molecule has 4 heterocycles. The molecule has 1 aromatic carbocycles. The van der Waals surface area contributed by atoms with Gasteiger partial charge in [-0.05, 0) is 18.4 Å². The number of hydrogen-bond acceptors (Lipinski definition) is 7. The molecule has 0 aliphatic heterocycles. The van der Waals surface area contributed by atoms with Gasteiger partial charge >= 0.3 is 0 Å². The molecule has 0 spiro atoms. The molecule has 1 fully saturated rings. The number of fused-ring (bicyclic) bond motifs is 1. The van der Waals surface area contributed by atoms with Crippen LogP contribution in [0.5, 0.6) is 0 Å². The molecule has 10 heteroatoms. The summed E-state index contributed by atoms with van der Waals surface area (Å²) in [6.07, 6.45) is 9.37. The fourth-order valence-corrected chi connectivity index (χ4v) is 3.82. The maximum absolute atomic E-state index is 12.4. The summed E-state index contributed by atoms with van der Waals surface area (Å²) in [5.74, 6) is 1.03. The van der Waals surface area contributed by atoms with Crippen molar-refractivity contribution in [1.82, 2.24) is 39.6 Å². The van der Waals surface area contributed by atoms with E-state index < -0.39 is 0 Å². The highest BCUT2D eigenvalue weighted by Crippen LogP contribution is 2.46. The number of imidazole rings is 1. The van der Waals surface area contributed by atoms with E-state index in [0.29, 0.717) is 12.4 Å². The molecular weight excluding hydrogens is 432 g/mol. The van der Waals surface area contributed by atoms with Crippen LogP contribution in [0.3, 0.4) is 0 Å². The summed E-state index contributed by atoms with van der Waals surface area (Å²) in [6.45, 7) is 2.41. The highest BCUT2D eigenvalue weighted by molar-refractivity contribution is 5.90. The van der Waals surface area contributed by atoms with Gasteiger partial charge in [0.2, 0.25) is 5.89 Å². The van der Waals surface area contributed by atoms with Crippen molar-refractivity contribution in [2.45, 2.75) is 31.7 Å². The molecule has 4 aromatic heterocycles. The maximum atomic E-state index is 12.4. The lowest BCUT2D eigenvalue weighted by Gasteiger charge is -2.09. The molecule has 1 aliphatic carbocycles. The summed E-state index contributed by atoms with van der Waals surface area (Å²) in [5.41, 5.74) is 4.35. The summed E-state index contributed by atoms with van der Waals surface area (Å²) in [7, 11) is 1.88. The van der Waals surface area contributed by atoms with Gasteiger partial charge in [-0.2, -0.15) is 10.1 Å². The highest BCUT2D eigenvalue weighted by atomic mass is 16.5. The first-order valence-electron chi connectivity index (χ1n) is 11.0. The summed E-state index contributed by atoms with van der Waals surface area (Å²) < 4.78 is 8.96. The van der Waals surface area contributed by atoms with E-state index in [4.69, 9.17) is 9.51 Å². The topological polar surface area (TPSA) is 116 Å². The van der Waals surface area contributed by atoms with Gasteiger partial charge in [-0.3, -0.25) is 13.9 Å². The van der Waals surface area contributed by atoms with Crippen molar-refractivity contribution in [2.24, 2.45) is 7.05 Å². The molecule has 6 rings (SSSR count). The van der Waals surface area contributed by atoms with E-state index in [1.54, 1.807) is 17.1 Å². The monoisotopic (exact) mass is 454 g/mol. The van der Waals surface area contributed by atoms with Crippen LogP contribution in [0.15, 0.2) is 59.6 Å². The van der Waals surface area contributed by atoms with Crippen molar-refractivity contribution in [2.75, 3.05) is 0 Å². The molecule has 0 radical (unpaired) electrons. The normalized spacial score (nSPS) is 14.4. The fraction of sp³-hybridized carbons (Fsp3) is 0.250. The standard InChI is InChI=1S/C24H22N8O2/c1-24(7-8-24)23-29-20(30-34-23)22(33)26-12-15-3-5-16(6-4-15)21-28-18(17-13-27-31(2)14-17)11-19-25-9-10-32(19)21/h3-6,9-11,13-14H,7-8,12H2,1-2H3,(H,26,33). The molecule has 0 saturated heterocycles. The average Bonchev–Trinajstić information content (AvgIpc) is 3.30. The van der Waals surface area contributed by atoms with E-state index in [2.05, 4.69) is 32.5 Å². The van der Waals surface area contributed by atoms with Crippen LogP contribution in [0.1, 0.15) is 41.8 Å². The molecular formula is C24H22N8O2. The van der Waals surface area contributed by atoms with Gasteiger partial charge in [0.15, 0.2) is 0 Å². The zero-order valence-electron chi connectivity index (χ0n) is 18.8. The number of carbonyl (C=O) groups is 1. The Bertz CT molecular complexity index is 1510. The molecule has 170 valence electrons. The van der Waals surface area contributed by atoms with Crippen LogP contribution in [0.4, 0.5) is 0 Å². The Morgan fingerprint density at radius 1 is 1.18 bits per heavy atom. The highest BCUT2D eigenvalue weighted by Gasteiger charge is 2.44. The van der Waals surface area contributed by atoms with Crippen molar-refractivity contribution in [3.8, 4) is 22.6 Å². The number of carbonyl (C=O) groups excluding carboxylic acids is 1. The Morgan fingerprint density at radius 3 is 2.74 bits per heavy atom. The van der Waals surface area contributed by atoms with Crippen molar-refractivity contribution in [3.63, 3.8) is 0 Å². The molecule has 0 atom stereocenters. The number of amides is 1. The first kappa shape index (κ1) is 20.3. The van der Waals surface area contributed by atoms with E-state index in [1.165, 1.54) is 0 Å². The predicted molar refractivity (Wildman–Crippen MR) is 123 cm³/mol. The molecule has 1 N–H and O–H groups in total. The van der Waals surface area contributed by atoms with Gasteiger partial charge in [0.05, 0.1) is 11.9 Å². The minimum atomic E-state index is -0.353. The van der Waals surface area contributed by atoms with Crippen LogP contribution in [-0.2, 0) is 19.0 Å². The van der Waals surface area contributed by atoms with Crippen LogP contribution in [0.25, 0.3) is 28.3 Å². The number of aromatic nitrogens is 7. The smallest absolute Gasteiger partial charge is 0.292 e. The molecule has 1 aliphatic rings. The molecule has 1 amide bonds. The van der Waals surface area contributed by atoms with Gasteiger partial charge in [-0.1, -0.05) is 36.3 Å². The number of benzene rings is 1. The summed E-state index contributed by atoms with van der Waals surface area (Å²) in [5, 5.41) is 10.9. The minimum Gasteiger partial charge on any atom is -0.345 e. The average molecular weight is 454 g/mol. The fourth-order valence-electron chi connectivity index (χ4n) is 3.82. The summed E-state index contributed by atoms with van der Waals surface area (Å²) in [4.78, 5) is 26.0. The third-order valence-electron chi connectivity index (χ3n) is 6.20. The van der Waals surface area contributed by atoms with Crippen LogP contribution >= 0.6 is 0 Å². The third-order valence-corrected chi connectivity index (χ3v) is 6.20. The van der Waals surface area contributed by atoms with E-state index in [-0.39, 0.29) is 17.1 Å². The first-order chi connectivity index (χ1) is 16.5. The lowest BCUT2D eigenvalue weighted by atomic mass is 10.1. The molecule has 0 bridgehead atoms. The van der Waals surface area contributed by atoms with E-state index in [0.717, 1.165) is 46.7 Å². The summed E-state index contributed by atoms with van der Waals surface area (Å²) in [6, 6.07) is 9.83. The number of aryl methyl sites for hydroxylation is 1. The second-order valence-electron chi connectivity index (χ2n) is 8.89. The second kappa shape index (κ2) is 7.62. The van der Waals surface area contributed by atoms with Gasteiger partial charge in [-0.25, -0.2) is 9.97 Å². The van der Waals surface area contributed by atoms with Gasteiger partial charge in [-0.15, -0.1) is 0 Å². The van der Waals surface area contributed by atoms with Crippen molar-refractivity contribution in [3.05, 3.63) is 72.4 Å². The quantitative estimate of drug-likeness (QED) is 0.419. The zero-order valence-corrected chi connectivity index (χ0v) is 18.8. The van der Waals surface area contributed by atoms with Crippen LogP contribution in [0.2, 0.25) is 0 Å². The lowest BCUT2D eigenvalue weighted by molar-refractivity contribution is 0.0937. The van der Waals surface area contributed by atoms with Crippen molar-refractivity contribution < 1.29 is 9.32 Å². The Kier molecular flexibility index (Phi) is 4.54. The molecule has 5 aromatic rings. The van der Waals surface area contributed by atoms with Gasteiger partial charge in [0, 0.05) is 54.8 Å². The van der Waals surface area contributed by atoms with Crippen LogP contribution in [0, 0.1) is 0 Å². The Labute approximate surface area is 194 Å². The third kappa shape index (κ3) is 3.62. The number of nitrogens with zero attached hydrogens (tertiary/aromatic N) is 7. The van der Waals surface area contributed by atoms with Gasteiger partial charge < -0.3 is 9.84 Å². The maximum Gasteiger partial charge on any atom is 0.292 e.